The van der Waals surface area contributed by atoms with Crippen molar-refractivity contribution in [3.8, 4) is 0 Å². The Kier molecular flexibility index (Phi) is 3.50. The number of nitrogens with zero attached hydrogens (tertiary/aromatic N) is 2. The van der Waals surface area contributed by atoms with Gasteiger partial charge in [-0.1, -0.05) is 13.8 Å². The van der Waals surface area contributed by atoms with Gasteiger partial charge in [-0.25, -0.2) is 0 Å². The minimum atomic E-state index is 0.457. The summed E-state index contributed by atoms with van der Waals surface area (Å²) in [6, 6.07) is 0. The first-order valence-electron chi connectivity index (χ1n) is 4.49. The van der Waals surface area contributed by atoms with Gasteiger partial charge in [0.1, 0.15) is 4.60 Å². The van der Waals surface area contributed by atoms with E-state index in [1.807, 2.05) is 11.7 Å². The molecular formula is C9H16BrN3. The summed E-state index contributed by atoms with van der Waals surface area (Å²) in [4.78, 5) is 0. The van der Waals surface area contributed by atoms with Crippen LogP contribution in [0.2, 0.25) is 0 Å². The van der Waals surface area contributed by atoms with E-state index in [1.165, 1.54) is 5.56 Å². The number of hydrogen-bond donors (Lipinski definition) is 1. The lowest BCUT2D eigenvalue weighted by Gasteiger charge is -2.03. The normalized spacial score (nSPS) is 11.2. The smallest absolute Gasteiger partial charge is 0.107 e. The zero-order valence-corrected chi connectivity index (χ0v) is 9.93. The number of halogens is 1. The molecule has 0 aliphatic rings. The third-order valence-electron chi connectivity index (χ3n) is 2.04. The van der Waals surface area contributed by atoms with Crippen LogP contribution in [0.5, 0.6) is 0 Å². The van der Waals surface area contributed by atoms with E-state index in [4.69, 9.17) is 5.73 Å². The first-order chi connectivity index (χ1) is 6.07. The first-order valence-corrected chi connectivity index (χ1v) is 5.28. The van der Waals surface area contributed by atoms with Gasteiger partial charge in [-0.2, -0.15) is 5.10 Å². The summed E-state index contributed by atoms with van der Waals surface area (Å²) in [5.74, 6) is 0.457. The lowest BCUT2D eigenvalue weighted by molar-refractivity contribution is 0.702. The maximum Gasteiger partial charge on any atom is 0.107 e. The molecule has 2 N–H and O–H groups in total. The van der Waals surface area contributed by atoms with E-state index < -0.39 is 0 Å². The highest BCUT2D eigenvalue weighted by molar-refractivity contribution is 9.10. The molecule has 13 heavy (non-hydrogen) atoms. The first kappa shape index (κ1) is 10.7. The molecule has 0 saturated heterocycles. The lowest BCUT2D eigenvalue weighted by atomic mass is 10.0. The van der Waals surface area contributed by atoms with Crippen LogP contribution in [-0.2, 0) is 13.5 Å². The van der Waals surface area contributed by atoms with Crippen molar-refractivity contribution >= 4 is 15.9 Å². The Hall–Kier alpha value is -0.350. The molecule has 1 rings (SSSR count). The van der Waals surface area contributed by atoms with Gasteiger partial charge in [-0.3, -0.25) is 4.68 Å². The average Bonchev–Trinajstić information content (AvgIpc) is 2.33. The predicted octanol–water partition coefficient (Wildman–Crippen LogP) is 1.81. The van der Waals surface area contributed by atoms with Crippen molar-refractivity contribution in [2.24, 2.45) is 12.8 Å². The van der Waals surface area contributed by atoms with Gasteiger partial charge in [0, 0.05) is 12.6 Å². The van der Waals surface area contributed by atoms with Crippen molar-refractivity contribution in [1.29, 1.82) is 0 Å². The fraction of sp³-hybridized carbons (Fsp3) is 0.667. The van der Waals surface area contributed by atoms with E-state index in [1.54, 1.807) is 0 Å². The van der Waals surface area contributed by atoms with Crippen LogP contribution in [0.1, 0.15) is 31.0 Å². The Bertz CT molecular complexity index is 291. The number of nitrogens with two attached hydrogens (primary N) is 1. The zero-order chi connectivity index (χ0) is 10.0. The number of rotatable bonds is 3. The van der Waals surface area contributed by atoms with Crippen molar-refractivity contribution in [2.75, 3.05) is 6.54 Å². The SMILES string of the molecule is CC(C)c1nn(C)c(Br)c1CCN. The van der Waals surface area contributed by atoms with Gasteiger partial charge in [0.15, 0.2) is 0 Å². The summed E-state index contributed by atoms with van der Waals surface area (Å²) < 4.78 is 2.92. The quantitative estimate of drug-likeness (QED) is 0.883. The molecule has 1 heterocycles. The molecule has 0 fully saturated rings. The largest absolute Gasteiger partial charge is 0.330 e. The van der Waals surface area contributed by atoms with Gasteiger partial charge in [0.05, 0.1) is 5.69 Å². The molecule has 1 aromatic rings. The van der Waals surface area contributed by atoms with E-state index in [9.17, 15) is 0 Å². The molecule has 0 aliphatic carbocycles. The fourth-order valence-corrected chi connectivity index (χ4v) is 1.89. The van der Waals surface area contributed by atoms with Crippen LogP contribution in [0, 0.1) is 0 Å². The van der Waals surface area contributed by atoms with Crippen LogP contribution >= 0.6 is 15.9 Å². The van der Waals surface area contributed by atoms with Crippen LogP contribution in [0.15, 0.2) is 4.60 Å². The van der Waals surface area contributed by atoms with E-state index in [0.29, 0.717) is 12.5 Å². The average molecular weight is 246 g/mol. The third kappa shape index (κ3) is 2.11. The molecule has 0 saturated carbocycles. The molecular weight excluding hydrogens is 230 g/mol. The van der Waals surface area contributed by atoms with E-state index in [0.717, 1.165) is 16.7 Å². The molecule has 0 unspecified atom stereocenters. The van der Waals surface area contributed by atoms with Crippen LogP contribution < -0.4 is 5.73 Å². The summed E-state index contributed by atoms with van der Waals surface area (Å²) in [6.45, 7) is 4.97. The molecule has 0 aliphatic heterocycles. The fourth-order valence-electron chi connectivity index (χ4n) is 1.41. The van der Waals surface area contributed by atoms with Crippen molar-refractivity contribution in [3.63, 3.8) is 0 Å². The second-order valence-electron chi connectivity index (χ2n) is 3.47. The lowest BCUT2D eigenvalue weighted by Crippen LogP contribution is -2.05. The van der Waals surface area contributed by atoms with Crippen molar-refractivity contribution in [2.45, 2.75) is 26.2 Å². The second kappa shape index (κ2) is 4.24. The molecule has 3 nitrogen and oxygen atoms in total. The van der Waals surface area contributed by atoms with Crippen LogP contribution in [0.4, 0.5) is 0 Å². The summed E-state index contributed by atoms with van der Waals surface area (Å²) in [5.41, 5.74) is 7.95. The highest BCUT2D eigenvalue weighted by Crippen LogP contribution is 2.25. The Labute approximate surface area is 87.4 Å². The zero-order valence-electron chi connectivity index (χ0n) is 8.34. The molecule has 0 amide bonds. The summed E-state index contributed by atoms with van der Waals surface area (Å²) in [7, 11) is 1.94. The predicted molar refractivity (Wildman–Crippen MR) is 57.8 cm³/mol. The van der Waals surface area contributed by atoms with Gasteiger partial charge in [-0.15, -0.1) is 0 Å². The molecule has 0 bridgehead atoms. The van der Waals surface area contributed by atoms with Crippen LogP contribution in [0.25, 0.3) is 0 Å². The molecule has 74 valence electrons. The Balaban J connectivity index is 3.11. The summed E-state index contributed by atoms with van der Waals surface area (Å²) >= 11 is 3.52. The topological polar surface area (TPSA) is 43.8 Å². The second-order valence-corrected chi connectivity index (χ2v) is 4.22. The molecule has 4 heteroatoms. The maximum atomic E-state index is 5.55. The monoisotopic (exact) mass is 245 g/mol. The Morgan fingerprint density at radius 3 is 2.62 bits per heavy atom. The van der Waals surface area contributed by atoms with Crippen molar-refractivity contribution < 1.29 is 0 Å². The van der Waals surface area contributed by atoms with E-state index in [-0.39, 0.29) is 0 Å². The number of aromatic nitrogens is 2. The van der Waals surface area contributed by atoms with Gasteiger partial charge < -0.3 is 5.73 Å². The van der Waals surface area contributed by atoms with E-state index in [2.05, 4.69) is 34.9 Å². The number of aryl methyl sites for hydroxylation is 1. The minimum Gasteiger partial charge on any atom is -0.330 e. The van der Waals surface area contributed by atoms with Gasteiger partial charge in [0.25, 0.3) is 0 Å². The molecule has 0 radical (unpaired) electrons. The van der Waals surface area contributed by atoms with E-state index >= 15 is 0 Å². The highest BCUT2D eigenvalue weighted by Gasteiger charge is 2.15. The molecule has 1 aromatic heterocycles. The minimum absolute atomic E-state index is 0.457. The summed E-state index contributed by atoms with van der Waals surface area (Å²) in [6.07, 6.45) is 0.891. The molecule has 0 aromatic carbocycles. The third-order valence-corrected chi connectivity index (χ3v) is 3.03. The van der Waals surface area contributed by atoms with Gasteiger partial charge in [-0.05, 0) is 34.8 Å². The van der Waals surface area contributed by atoms with Gasteiger partial charge in [0.2, 0.25) is 0 Å². The van der Waals surface area contributed by atoms with Crippen LogP contribution in [-0.4, -0.2) is 16.3 Å². The van der Waals surface area contributed by atoms with Crippen LogP contribution in [0.3, 0.4) is 0 Å². The molecule has 0 atom stereocenters. The highest BCUT2D eigenvalue weighted by atomic mass is 79.9. The van der Waals surface area contributed by atoms with Crippen molar-refractivity contribution in [1.82, 2.24) is 9.78 Å². The van der Waals surface area contributed by atoms with Gasteiger partial charge >= 0.3 is 0 Å². The maximum absolute atomic E-state index is 5.55. The molecule has 0 spiro atoms. The standard InChI is InChI=1S/C9H16BrN3/c1-6(2)8-7(4-5-11)9(10)13(3)12-8/h6H,4-5,11H2,1-3H3. The Morgan fingerprint density at radius 1 is 1.54 bits per heavy atom. The summed E-state index contributed by atoms with van der Waals surface area (Å²) in [5, 5.41) is 4.44. The Morgan fingerprint density at radius 2 is 2.15 bits per heavy atom. The van der Waals surface area contributed by atoms with Crippen molar-refractivity contribution in [3.05, 3.63) is 15.9 Å². The number of hydrogen-bond acceptors (Lipinski definition) is 2.